The van der Waals surface area contributed by atoms with Crippen LogP contribution in [-0.2, 0) is 9.53 Å². The highest BCUT2D eigenvalue weighted by Crippen LogP contribution is 2.20. The maximum absolute atomic E-state index is 11.8. The van der Waals surface area contributed by atoms with E-state index < -0.39 is 0 Å². The molecule has 94 valence electrons. The Labute approximate surface area is 111 Å². The topological polar surface area (TPSA) is 50.4 Å². The first-order valence-electron chi connectivity index (χ1n) is 5.14. The van der Waals surface area contributed by atoms with Crippen molar-refractivity contribution < 1.29 is 9.53 Å². The number of anilines is 1. The number of hydrogen-bond donors (Lipinski definition) is 2. The smallest absolute Gasteiger partial charge is 0.243 e. The average Bonchev–Trinajstić information content (AvgIpc) is 2.33. The molecule has 0 spiro atoms. The minimum Gasteiger partial charge on any atom is -0.378 e. The molecule has 2 rings (SSSR count). The number of para-hydroxylation sites is 1. The second-order valence-electron chi connectivity index (χ2n) is 3.55. The van der Waals surface area contributed by atoms with Gasteiger partial charge in [-0.2, -0.15) is 0 Å². The molecule has 0 aromatic heterocycles. The quantitative estimate of drug-likeness (QED) is 0.865. The van der Waals surface area contributed by atoms with Crippen molar-refractivity contribution in [2.24, 2.45) is 0 Å². The van der Waals surface area contributed by atoms with Crippen LogP contribution in [0.4, 0.5) is 5.69 Å². The molecule has 0 aliphatic carbocycles. The van der Waals surface area contributed by atoms with Crippen LogP contribution >= 0.6 is 24.0 Å². The highest BCUT2D eigenvalue weighted by atomic mass is 35.5. The summed E-state index contributed by atoms with van der Waals surface area (Å²) < 4.78 is 5.21. The zero-order chi connectivity index (χ0) is 11.4. The van der Waals surface area contributed by atoms with Gasteiger partial charge in [-0.25, -0.2) is 0 Å². The third kappa shape index (κ3) is 3.85. The molecule has 1 atom stereocenters. The second kappa shape index (κ2) is 6.81. The molecule has 4 nitrogen and oxygen atoms in total. The second-order valence-corrected chi connectivity index (χ2v) is 3.96. The average molecular weight is 277 g/mol. The normalized spacial score (nSPS) is 19.2. The van der Waals surface area contributed by atoms with E-state index in [9.17, 15) is 4.79 Å². The van der Waals surface area contributed by atoms with Gasteiger partial charge in [-0.1, -0.05) is 23.7 Å². The number of hydrogen-bond acceptors (Lipinski definition) is 3. The van der Waals surface area contributed by atoms with E-state index in [4.69, 9.17) is 16.3 Å². The predicted octanol–water partition coefficient (Wildman–Crippen LogP) is 1.69. The van der Waals surface area contributed by atoms with Crippen molar-refractivity contribution in [3.63, 3.8) is 0 Å². The number of halogens is 2. The Balaban J connectivity index is 0.00000144. The van der Waals surface area contributed by atoms with E-state index in [0.717, 1.165) is 0 Å². The first-order valence-corrected chi connectivity index (χ1v) is 5.51. The maximum Gasteiger partial charge on any atom is 0.243 e. The fourth-order valence-corrected chi connectivity index (χ4v) is 1.70. The third-order valence-electron chi connectivity index (χ3n) is 2.37. The van der Waals surface area contributed by atoms with Crippen molar-refractivity contribution in [1.29, 1.82) is 0 Å². The Bertz CT molecular complexity index is 381. The predicted molar refractivity (Wildman–Crippen MR) is 69.9 cm³/mol. The molecule has 0 radical (unpaired) electrons. The summed E-state index contributed by atoms with van der Waals surface area (Å²) in [6.07, 6.45) is 0. The first kappa shape index (κ1) is 14.3. The molecule has 6 heteroatoms. The van der Waals surface area contributed by atoms with Crippen molar-refractivity contribution >= 4 is 35.6 Å². The van der Waals surface area contributed by atoms with Crippen molar-refractivity contribution in [3.05, 3.63) is 29.3 Å². The van der Waals surface area contributed by atoms with Crippen molar-refractivity contribution in [1.82, 2.24) is 5.32 Å². The largest absolute Gasteiger partial charge is 0.378 e. The van der Waals surface area contributed by atoms with Gasteiger partial charge in [0, 0.05) is 6.54 Å². The van der Waals surface area contributed by atoms with E-state index in [1.54, 1.807) is 12.1 Å². The monoisotopic (exact) mass is 276 g/mol. The van der Waals surface area contributed by atoms with Crippen molar-refractivity contribution in [2.75, 3.05) is 25.1 Å². The Morgan fingerprint density at radius 2 is 2.24 bits per heavy atom. The SMILES string of the molecule is Cl.O=C(Nc1ccccc1Cl)C1COCCN1. The summed E-state index contributed by atoms with van der Waals surface area (Å²) in [6.45, 7) is 1.74. The lowest BCUT2D eigenvalue weighted by Gasteiger charge is -2.23. The molecular weight excluding hydrogens is 263 g/mol. The van der Waals surface area contributed by atoms with Gasteiger partial charge >= 0.3 is 0 Å². The van der Waals surface area contributed by atoms with E-state index in [2.05, 4.69) is 10.6 Å². The Kier molecular flexibility index (Phi) is 5.71. The molecule has 1 aliphatic rings. The van der Waals surface area contributed by atoms with Crippen LogP contribution in [0.15, 0.2) is 24.3 Å². The lowest BCUT2D eigenvalue weighted by molar-refractivity contribution is -0.120. The zero-order valence-electron chi connectivity index (χ0n) is 9.11. The third-order valence-corrected chi connectivity index (χ3v) is 2.70. The van der Waals surface area contributed by atoms with E-state index >= 15 is 0 Å². The fraction of sp³-hybridized carbons (Fsp3) is 0.364. The Morgan fingerprint density at radius 1 is 1.47 bits per heavy atom. The molecule has 0 saturated carbocycles. The zero-order valence-corrected chi connectivity index (χ0v) is 10.7. The van der Waals surface area contributed by atoms with Crippen LogP contribution < -0.4 is 10.6 Å². The van der Waals surface area contributed by atoms with Crippen LogP contribution in [0.2, 0.25) is 5.02 Å². The molecule has 1 aromatic rings. The van der Waals surface area contributed by atoms with Gasteiger partial charge in [0.05, 0.1) is 23.9 Å². The number of rotatable bonds is 2. The van der Waals surface area contributed by atoms with E-state index in [-0.39, 0.29) is 24.4 Å². The van der Waals surface area contributed by atoms with Crippen molar-refractivity contribution in [3.8, 4) is 0 Å². The number of benzene rings is 1. The standard InChI is InChI=1S/C11H13ClN2O2.ClH/c12-8-3-1-2-4-9(8)14-11(15)10-7-16-6-5-13-10;/h1-4,10,13H,5-7H2,(H,14,15);1H. The van der Waals surface area contributed by atoms with Gasteiger partial charge in [0.1, 0.15) is 6.04 Å². The van der Waals surface area contributed by atoms with Crippen LogP contribution in [-0.4, -0.2) is 31.7 Å². The first-order chi connectivity index (χ1) is 7.77. The summed E-state index contributed by atoms with van der Waals surface area (Å²) in [4.78, 5) is 11.8. The number of ether oxygens (including phenoxy) is 1. The van der Waals surface area contributed by atoms with Gasteiger partial charge in [-0.3, -0.25) is 4.79 Å². The lowest BCUT2D eigenvalue weighted by Crippen LogP contribution is -2.48. The van der Waals surface area contributed by atoms with Crippen LogP contribution in [0.1, 0.15) is 0 Å². The van der Waals surface area contributed by atoms with Gasteiger partial charge in [0.25, 0.3) is 0 Å². The highest BCUT2D eigenvalue weighted by Gasteiger charge is 2.21. The minimum atomic E-state index is -0.301. The van der Waals surface area contributed by atoms with Crippen LogP contribution in [0, 0.1) is 0 Å². The number of carbonyl (C=O) groups excluding carboxylic acids is 1. The van der Waals surface area contributed by atoms with Crippen LogP contribution in [0.3, 0.4) is 0 Å². The summed E-state index contributed by atoms with van der Waals surface area (Å²) in [5.41, 5.74) is 0.626. The molecule has 1 saturated heterocycles. The van der Waals surface area contributed by atoms with E-state index in [0.29, 0.717) is 30.5 Å². The molecular formula is C11H14Cl2N2O2. The number of carbonyl (C=O) groups is 1. The molecule has 1 fully saturated rings. The van der Waals surface area contributed by atoms with Crippen molar-refractivity contribution in [2.45, 2.75) is 6.04 Å². The molecule has 1 unspecified atom stereocenters. The maximum atomic E-state index is 11.8. The minimum absolute atomic E-state index is 0. The summed E-state index contributed by atoms with van der Waals surface area (Å²) in [6, 6.07) is 6.85. The summed E-state index contributed by atoms with van der Waals surface area (Å²) in [5.74, 6) is -0.118. The molecule has 0 bridgehead atoms. The number of morpholine rings is 1. The molecule has 17 heavy (non-hydrogen) atoms. The number of amides is 1. The van der Waals surface area contributed by atoms with Gasteiger partial charge in [0.2, 0.25) is 5.91 Å². The van der Waals surface area contributed by atoms with E-state index in [1.807, 2.05) is 12.1 Å². The van der Waals surface area contributed by atoms with Crippen LogP contribution in [0.5, 0.6) is 0 Å². The van der Waals surface area contributed by atoms with Gasteiger partial charge in [-0.05, 0) is 12.1 Å². The summed E-state index contributed by atoms with van der Waals surface area (Å²) >= 11 is 5.94. The highest BCUT2D eigenvalue weighted by molar-refractivity contribution is 6.33. The molecule has 1 heterocycles. The fourth-order valence-electron chi connectivity index (χ4n) is 1.52. The van der Waals surface area contributed by atoms with Gasteiger partial charge in [0.15, 0.2) is 0 Å². The number of nitrogens with one attached hydrogen (secondary N) is 2. The van der Waals surface area contributed by atoms with Gasteiger partial charge in [-0.15, -0.1) is 12.4 Å². The van der Waals surface area contributed by atoms with Crippen LogP contribution in [0.25, 0.3) is 0 Å². The Hall–Kier alpha value is -0.810. The summed E-state index contributed by atoms with van der Waals surface area (Å²) in [7, 11) is 0. The van der Waals surface area contributed by atoms with E-state index in [1.165, 1.54) is 0 Å². The molecule has 1 aliphatic heterocycles. The van der Waals surface area contributed by atoms with Gasteiger partial charge < -0.3 is 15.4 Å². The molecule has 2 N–H and O–H groups in total. The Morgan fingerprint density at radius 3 is 2.88 bits per heavy atom. The summed E-state index contributed by atoms with van der Waals surface area (Å²) in [5, 5.41) is 6.38. The molecule has 1 amide bonds. The lowest BCUT2D eigenvalue weighted by atomic mass is 10.2. The molecule has 1 aromatic carbocycles.